The summed E-state index contributed by atoms with van der Waals surface area (Å²) < 4.78 is 21.3. The van der Waals surface area contributed by atoms with Crippen LogP contribution in [-0.4, -0.2) is 66.6 Å². The molecule has 2 aliphatic rings. The minimum Gasteiger partial charge on any atom is -0.448 e. The minimum atomic E-state index is -0.586. The van der Waals surface area contributed by atoms with E-state index < -0.39 is 6.23 Å². The molecule has 3 unspecified atom stereocenters. The highest BCUT2D eigenvalue weighted by atomic mass is 19.1. The van der Waals surface area contributed by atoms with Gasteiger partial charge in [0.15, 0.2) is 5.82 Å². The number of allylic oxidation sites excluding steroid dienone is 3. The van der Waals surface area contributed by atoms with Crippen LogP contribution in [0.3, 0.4) is 0 Å². The summed E-state index contributed by atoms with van der Waals surface area (Å²) >= 11 is 0. The molecule has 3 atom stereocenters. The third-order valence-electron chi connectivity index (χ3n) is 7.00. The number of nitrogens with one attached hydrogen (secondary N) is 1. The van der Waals surface area contributed by atoms with Gasteiger partial charge in [-0.15, -0.1) is 5.10 Å². The Kier molecular flexibility index (Phi) is 14.5. The van der Waals surface area contributed by atoms with Crippen molar-refractivity contribution in [3.05, 3.63) is 65.8 Å². The fraction of sp³-hybridized carbons (Fsp3) is 0.531. The first-order valence-electron chi connectivity index (χ1n) is 14.9. The van der Waals surface area contributed by atoms with Gasteiger partial charge in [-0.3, -0.25) is 5.01 Å². The van der Waals surface area contributed by atoms with Gasteiger partial charge in [0.05, 0.1) is 17.8 Å². The molecule has 2 heterocycles. The van der Waals surface area contributed by atoms with Crippen molar-refractivity contribution >= 4 is 11.7 Å². The number of nitrogens with two attached hydrogens (primary N) is 1. The van der Waals surface area contributed by atoms with Gasteiger partial charge in [0.2, 0.25) is 12.1 Å². The van der Waals surface area contributed by atoms with Crippen LogP contribution in [0.2, 0.25) is 0 Å². The van der Waals surface area contributed by atoms with Crippen LogP contribution >= 0.6 is 0 Å². The zero-order chi connectivity index (χ0) is 30.4. The third kappa shape index (κ3) is 9.36. The first-order chi connectivity index (χ1) is 19.9. The maximum absolute atomic E-state index is 15.1. The first-order valence-corrected chi connectivity index (χ1v) is 14.9. The van der Waals surface area contributed by atoms with Gasteiger partial charge in [0, 0.05) is 18.7 Å². The number of ether oxygens (including phenoxy) is 1. The zero-order valence-corrected chi connectivity index (χ0v) is 26.2. The Morgan fingerprint density at radius 2 is 1.93 bits per heavy atom. The number of hydrogen-bond donors (Lipinski definition) is 2. The van der Waals surface area contributed by atoms with E-state index in [0.29, 0.717) is 40.9 Å². The number of halogens is 1. The van der Waals surface area contributed by atoms with Gasteiger partial charge in [-0.25, -0.2) is 14.4 Å². The second-order valence-electron chi connectivity index (χ2n) is 9.86. The highest BCUT2D eigenvalue weighted by Crippen LogP contribution is 2.33. The Balaban J connectivity index is 0.00000141. The summed E-state index contributed by atoms with van der Waals surface area (Å²) in [6.45, 7) is 8.93. The van der Waals surface area contributed by atoms with Gasteiger partial charge in [-0.05, 0) is 71.4 Å². The third-order valence-corrected chi connectivity index (χ3v) is 7.00. The number of nitrogen functional groups attached to an aromatic ring is 1. The van der Waals surface area contributed by atoms with Crippen molar-refractivity contribution in [1.29, 1.82) is 0 Å². The molecule has 0 saturated heterocycles. The van der Waals surface area contributed by atoms with Crippen molar-refractivity contribution in [2.24, 2.45) is 11.0 Å². The van der Waals surface area contributed by atoms with E-state index in [2.05, 4.69) is 46.5 Å². The predicted molar refractivity (Wildman–Crippen MR) is 169 cm³/mol. The van der Waals surface area contributed by atoms with Gasteiger partial charge < -0.3 is 20.7 Å². The van der Waals surface area contributed by atoms with E-state index in [4.69, 9.17) is 15.5 Å². The standard InChI is InChI=1S/C28H38FN7O.2C2H6/c1-31-16-15-22(35(2)3)14-13-19-11-12-21(17-23(19)29)24-18-32-26(30)25(33-24)28-36(4)34-27(37-28)20-9-7-5-6-8-10-20;2*1-2/h5-7,9,11-12,17-18,20,22,28,31H,8,10,13-16H2,1-4H3,(H2,30,32);2*1-2H3. The molecule has 0 bridgehead atoms. The molecule has 0 fully saturated rings. The number of benzene rings is 1. The van der Waals surface area contributed by atoms with Gasteiger partial charge in [-0.1, -0.05) is 64.1 Å². The largest absolute Gasteiger partial charge is 0.448 e. The number of anilines is 1. The molecule has 4 rings (SSSR count). The number of rotatable bonds is 10. The van der Waals surface area contributed by atoms with Crippen LogP contribution < -0.4 is 11.1 Å². The Morgan fingerprint density at radius 1 is 1.17 bits per heavy atom. The van der Waals surface area contributed by atoms with Crippen molar-refractivity contribution in [2.45, 2.75) is 72.1 Å². The summed E-state index contributed by atoms with van der Waals surface area (Å²) in [7, 11) is 7.92. The van der Waals surface area contributed by atoms with Crippen molar-refractivity contribution < 1.29 is 9.13 Å². The monoisotopic (exact) mass is 567 g/mol. The Labute approximate surface area is 246 Å². The van der Waals surface area contributed by atoms with Crippen LogP contribution in [0.15, 0.2) is 53.8 Å². The van der Waals surface area contributed by atoms with E-state index in [9.17, 15) is 0 Å². The van der Waals surface area contributed by atoms with E-state index in [-0.39, 0.29) is 17.6 Å². The Bertz CT molecular complexity index is 1160. The number of hydrazone groups is 1. The molecule has 0 radical (unpaired) electrons. The van der Waals surface area contributed by atoms with Crippen molar-refractivity contribution in [1.82, 2.24) is 25.2 Å². The lowest BCUT2D eigenvalue weighted by Crippen LogP contribution is -2.31. The average molecular weight is 568 g/mol. The lowest BCUT2D eigenvalue weighted by molar-refractivity contribution is 0.0707. The number of aryl methyl sites for hydroxylation is 1. The Morgan fingerprint density at radius 3 is 2.61 bits per heavy atom. The highest BCUT2D eigenvalue weighted by Gasteiger charge is 2.33. The molecule has 0 spiro atoms. The van der Waals surface area contributed by atoms with E-state index in [1.165, 1.54) is 6.07 Å². The molecule has 226 valence electrons. The van der Waals surface area contributed by atoms with Gasteiger partial charge in [0.25, 0.3) is 0 Å². The van der Waals surface area contributed by atoms with Gasteiger partial charge in [0.1, 0.15) is 11.5 Å². The van der Waals surface area contributed by atoms with Crippen LogP contribution in [0.1, 0.15) is 70.9 Å². The molecule has 1 aliphatic carbocycles. The second kappa shape index (κ2) is 17.5. The van der Waals surface area contributed by atoms with Crippen molar-refractivity contribution in [2.75, 3.05) is 40.5 Å². The van der Waals surface area contributed by atoms with E-state index in [1.54, 1.807) is 11.2 Å². The SMILES string of the molecule is CC.CC.CNCCC(CCc1ccc(-c2cnc(N)c(C3OC(C4C=CC=CCC4)=NN3C)n2)cc1F)N(C)C. The molecule has 1 aliphatic heterocycles. The molecular weight excluding hydrogens is 517 g/mol. The number of nitrogens with zero attached hydrogens (tertiary/aromatic N) is 5. The summed E-state index contributed by atoms with van der Waals surface area (Å²) in [4.78, 5) is 11.3. The quantitative estimate of drug-likeness (QED) is 0.354. The predicted octanol–water partition coefficient (Wildman–Crippen LogP) is 6.19. The zero-order valence-electron chi connectivity index (χ0n) is 26.2. The molecule has 0 amide bonds. The van der Waals surface area contributed by atoms with Crippen molar-refractivity contribution in [3.8, 4) is 11.3 Å². The molecule has 2 aromatic rings. The normalized spacial score (nSPS) is 18.5. The molecule has 1 aromatic carbocycles. The fourth-order valence-electron chi connectivity index (χ4n) is 4.70. The van der Waals surface area contributed by atoms with Crippen LogP contribution in [0.4, 0.5) is 10.2 Å². The van der Waals surface area contributed by atoms with Crippen LogP contribution in [0.25, 0.3) is 11.3 Å². The topological polar surface area (TPSA) is 91.9 Å². The summed E-state index contributed by atoms with van der Waals surface area (Å²) in [6.07, 6.45) is 13.7. The molecule has 3 N–H and O–H groups in total. The minimum absolute atomic E-state index is 0.0896. The van der Waals surface area contributed by atoms with E-state index >= 15 is 4.39 Å². The van der Waals surface area contributed by atoms with Gasteiger partial charge in [-0.2, -0.15) is 0 Å². The summed E-state index contributed by atoms with van der Waals surface area (Å²) in [5.74, 6) is 0.757. The smallest absolute Gasteiger partial charge is 0.235 e. The summed E-state index contributed by atoms with van der Waals surface area (Å²) in [5.41, 5.74) is 8.56. The number of hydrogen-bond acceptors (Lipinski definition) is 8. The molecule has 8 nitrogen and oxygen atoms in total. The maximum Gasteiger partial charge on any atom is 0.235 e. The van der Waals surface area contributed by atoms with Crippen molar-refractivity contribution in [3.63, 3.8) is 0 Å². The molecule has 9 heteroatoms. The number of aromatic nitrogens is 2. The average Bonchev–Trinajstić information content (AvgIpc) is 3.17. The fourth-order valence-corrected chi connectivity index (χ4v) is 4.70. The first kappa shape index (κ1) is 33.9. The lowest BCUT2D eigenvalue weighted by Gasteiger charge is -2.24. The lowest BCUT2D eigenvalue weighted by atomic mass is 10.00. The summed E-state index contributed by atoms with van der Waals surface area (Å²) in [5, 5.41) is 9.51. The molecule has 1 aromatic heterocycles. The maximum atomic E-state index is 15.1. The Hall–Kier alpha value is -3.30. The van der Waals surface area contributed by atoms with Crippen LogP contribution in [0.5, 0.6) is 0 Å². The highest BCUT2D eigenvalue weighted by molar-refractivity contribution is 5.81. The van der Waals surface area contributed by atoms with Crippen LogP contribution in [-0.2, 0) is 11.2 Å². The van der Waals surface area contributed by atoms with E-state index in [1.807, 2.05) is 66.1 Å². The summed E-state index contributed by atoms with van der Waals surface area (Å²) in [6, 6.07) is 5.66. The molecule has 0 saturated carbocycles. The molecule has 41 heavy (non-hydrogen) atoms. The van der Waals surface area contributed by atoms with Crippen LogP contribution in [0, 0.1) is 11.7 Å². The van der Waals surface area contributed by atoms with E-state index in [0.717, 1.165) is 32.2 Å². The van der Waals surface area contributed by atoms with Gasteiger partial charge >= 0.3 is 0 Å². The molecular formula is C32H50FN7O. The second-order valence-corrected chi connectivity index (χ2v) is 9.86.